The van der Waals surface area contributed by atoms with Crippen LogP contribution in [-0.2, 0) is 0 Å². The van der Waals surface area contributed by atoms with E-state index in [9.17, 15) is 5.11 Å². The van der Waals surface area contributed by atoms with Crippen LogP contribution in [0.2, 0.25) is 5.15 Å². The van der Waals surface area contributed by atoms with Crippen LogP contribution in [-0.4, -0.2) is 27.2 Å². The van der Waals surface area contributed by atoms with Crippen LogP contribution in [0.15, 0.2) is 6.33 Å². The molecule has 0 spiro atoms. The SMILES string of the molecule is CC1CCC(CO)(Nc2ncnc(Cl)c2C(C)C)CC1. The van der Waals surface area contributed by atoms with E-state index in [0.717, 1.165) is 43.0 Å². The molecule has 4 nitrogen and oxygen atoms in total. The molecule has 2 rings (SSSR count). The molecule has 1 saturated carbocycles. The highest BCUT2D eigenvalue weighted by Gasteiger charge is 2.34. The molecular formula is C15H24ClN3O. The minimum Gasteiger partial charge on any atom is -0.394 e. The maximum Gasteiger partial charge on any atom is 0.138 e. The quantitative estimate of drug-likeness (QED) is 0.834. The van der Waals surface area contributed by atoms with Gasteiger partial charge in [-0.25, -0.2) is 9.97 Å². The topological polar surface area (TPSA) is 58.0 Å². The molecule has 0 aromatic carbocycles. The number of nitrogens with one attached hydrogen (secondary N) is 1. The Morgan fingerprint density at radius 3 is 2.60 bits per heavy atom. The van der Waals surface area contributed by atoms with E-state index in [4.69, 9.17) is 11.6 Å². The molecule has 1 aliphatic carbocycles. The molecule has 0 aliphatic heterocycles. The van der Waals surface area contributed by atoms with Gasteiger partial charge in [0.05, 0.1) is 12.1 Å². The lowest BCUT2D eigenvalue weighted by Crippen LogP contribution is -2.45. The Kier molecular flexibility index (Phi) is 4.86. The standard InChI is InChI=1S/C15H24ClN3O/c1-10(2)12-13(16)17-9-18-14(12)19-15(8-20)6-4-11(3)5-7-15/h9-11,20H,4-8H2,1-3H3,(H,17,18,19). The van der Waals surface area contributed by atoms with Crippen LogP contribution in [0.4, 0.5) is 5.82 Å². The zero-order valence-corrected chi connectivity index (χ0v) is 13.2. The predicted octanol–water partition coefficient (Wildman–Crippen LogP) is 3.61. The Balaban J connectivity index is 2.26. The van der Waals surface area contributed by atoms with Gasteiger partial charge in [0.1, 0.15) is 17.3 Å². The van der Waals surface area contributed by atoms with E-state index in [1.165, 1.54) is 6.33 Å². The van der Waals surface area contributed by atoms with Crippen molar-refractivity contribution in [3.63, 3.8) is 0 Å². The van der Waals surface area contributed by atoms with Gasteiger partial charge >= 0.3 is 0 Å². The fourth-order valence-electron chi connectivity index (χ4n) is 2.87. The second-order valence-corrected chi connectivity index (χ2v) is 6.69. The average Bonchev–Trinajstić information content (AvgIpc) is 2.41. The molecule has 1 aromatic heterocycles. The van der Waals surface area contributed by atoms with E-state index in [1.807, 2.05) is 0 Å². The highest BCUT2D eigenvalue weighted by Crippen LogP contribution is 2.36. The molecule has 0 amide bonds. The fourth-order valence-corrected chi connectivity index (χ4v) is 3.23. The summed E-state index contributed by atoms with van der Waals surface area (Å²) in [7, 11) is 0. The summed E-state index contributed by atoms with van der Waals surface area (Å²) in [6.45, 7) is 6.54. The molecular weight excluding hydrogens is 274 g/mol. The summed E-state index contributed by atoms with van der Waals surface area (Å²) in [5, 5.41) is 13.8. The predicted molar refractivity (Wildman–Crippen MR) is 82.2 cm³/mol. The molecule has 1 aliphatic rings. The average molecular weight is 298 g/mol. The Labute approximate surface area is 126 Å². The van der Waals surface area contributed by atoms with E-state index in [1.54, 1.807) is 0 Å². The van der Waals surface area contributed by atoms with Gasteiger partial charge in [-0.3, -0.25) is 0 Å². The number of anilines is 1. The molecule has 0 saturated heterocycles. The summed E-state index contributed by atoms with van der Waals surface area (Å²) >= 11 is 6.20. The number of rotatable bonds is 4. The maximum absolute atomic E-state index is 9.85. The zero-order chi connectivity index (χ0) is 14.8. The number of hydrogen-bond donors (Lipinski definition) is 2. The number of aromatic nitrogens is 2. The largest absolute Gasteiger partial charge is 0.394 e. The zero-order valence-electron chi connectivity index (χ0n) is 12.5. The molecule has 1 heterocycles. The van der Waals surface area contributed by atoms with Crippen molar-refractivity contribution in [1.29, 1.82) is 0 Å². The first-order valence-electron chi connectivity index (χ1n) is 7.37. The highest BCUT2D eigenvalue weighted by atomic mass is 35.5. The second-order valence-electron chi connectivity index (χ2n) is 6.33. The van der Waals surface area contributed by atoms with Gasteiger partial charge in [0.15, 0.2) is 0 Å². The van der Waals surface area contributed by atoms with Crippen LogP contribution in [0, 0.1) is 5.92 Å². The summed E-state index contributed by atoms with van der Waals surface area (Å²) in [5.74, 6) is 1.74. The Hall–Kier alpha value is -0.870. The minimum atomic E-state index is -0.270. The summed E-state index contributed by atoms with van der Waals surface area (Å²) in [6, 6.07) is 0. The molecule has 0 atom stereocenters. The van der Waals surface area contributed by atoms with Gasteiger partial charge in [0, 0.05) is 5.56 Å². The molecule has 20 heavy (non-hydrogen) atoms. The number of aliphatic hydroxyl groups excluding tert-OH is 1. The monoisotopic (exact) mass is 297 g/mol. The van der Waals surface area contributed by atoms with E-state index in [-0.39, 0.29) is 18.1 Å². The number of aliphatic hydroxyl groups is 1. The second kappa shape index (κ2) is 6.27. The summed E-state index contributed by atoms with van der Waals surface area (Å²) in [5.41, 5.74) is 0.661. The Bertz CT molecular complexity index is 456. The minimum absolute atomic E-state index is 0.124. The first-order chi connectivity index (χ1) is 9.47. The molecule has 0 unspecified atom stereocenters. The van der Waals surface area contributed by atoms with E-state index < -0.39 is 0 Å². The lowest BCUT2D eigenvalue weighted by molar-refractivity contribution is 0.155. The van der Waals surface area contributed by atoms with Crippen LogP contribution < -0.4 is 5.32 Å². The third-order valence-corrected chi connectivity index (χ3v) is 4.63. The van der Waals surface area contributed by atoms with Crippen LogP contribution in [0.25, 0.3) is 0 Å². The molecule has 1 aromatic rings. The van der Waals surface area contributed by atoms with Crippen LogP contribution in [0.1, 0.15) is 57.9 Å². The third kappa shape index (κ3) is 3.23. The maximum atomic E-state index is 9.85. The van der Waals surface area contributed by atoms with Crippen LogP contribution in [0.3, 0.4) is 0 Å². The van der Waals surface area contributed by atoms with Gasteiger partial charge in [-0.2, -0.15) is 0 Å². The van der Waals surface area contributed by atoms with Crippen molar-refractivity contribution in [3.8, 4) is 0 Å². The van der Waals surface area contributed by atoms with Gasteiger partial charge < -0.3 is 10.4 Å². The van der Waals surface area contributed by atoms with E-state index in [0.29, 0.717) is 5.15 Å². The number of halogens is 1. The van der Waals surface area contributed by atoms with Crippen molar-refractivity contribution in [2.75, 3.05) is 11.9 Å². The van der Waals surface area contributed by atoms with Crippen molar-refractivity contribution in [2.45, 2.75) is 57.9 Å². The van der Waals surface area contributed by atoms with Gasteiger partial charge in [-0.15, -0.1) is 0 Å². The molecule has 0 radical (unpaired) electrons. The van der Waals surface area contributed by atoms with Gasteiger partial charge in [0.2, 0.25) is 0 Å². The van der Waals surface area contributed by atoms with Crippen molar-refractivity contribution in [2.24, 2.45) is 5.92 Å². The van der Waals surface area contributed by atoms with Gasteiger partial charge in [-0.1, -0.05) is 32.4 Å². The molecule has 112 valence electrons. The Morgan fingerprint density at radius 1 is 1.40 bits per heavy atom. The normalized spacial score (nSPS) is 26.8. The lowest BCUT2D eigenvalue weighted by Gasteiger charge is -2.39. The number of nitrogens with zero attached hydrogens (tertiary/aromatic N) is 2. The molecule has 5 heteroatoms. The van der Waals surface area contributed by atoms with Crippen LogP contribution in [0.5, 0.6) is 0 Å². The first-order valence-corrected chi connectivity index (χ1v) is 7.74. The fraction of sp³-hybridized carbons (Fsp3) is 0.733. The number of hydrogen-bond acceptors (Lipinski definition) is 4. The highest BCUT2D eigenvalue weighted by molar-refractivity contribution is 6.30. The lowest BCUT2D eigenvalue weighted by atomic mass is 9.77. The van der Waals surface area contributed by atoms with E-state index in [2.05, 4.69) is 36.1 Å². The van der Waals surface area contributed by atoms with Crippen molar-refractivity contribution in [1.82, 2.24) is 9.97 Å². The smallest absolute Gasteiger partial charge is 0.138 e. The first kappa shape index (κ1) is 15.5. The summed E-state index contributed by atoms with van der Waals surface area (Å²) in [4.78, 5) is 8.42. The van der Waals surface area contributed by atoms with Gasteiger partial charge in [0.25, 0.3) is 0 Å². The van der Waals surface area contributed by atoms with Crippen LogP contribution >= 0.6 is 11.6 Å². The van der Waals surface area contributed by atoms with Gasteiger partial charge in [-0.05, 0) is 37.5 Å². The molecule has 0 bridgehead atoms. The summed E-state index contributed by atoms with van der Waals surface area (Å²) in [6.07, 6.45) is 5.66. The van der Waals surface area contributed by atoms with E-state index >= 15 is 0 Å². The molecule has 1 fully saturated rings. The third-order valence-electron chi connectivity index (χ3n) is 4.33. The summed E-state index contributed by atoms with van der Waals surface area (Å²) < 4.78 is 0. The molecule has 2 N–H and O–H groups in total. The van der Waals surface area contributed by atoms with Crippen molar-refractivity contribution < 1.29 is 5.11 Å². The Morgan fingerprint density at radius 2 is 2.05 bits per heavy atom. The van der Waals surface area contributed by atoms with Crippen molar-refractivity contribution >= 4 is 17.4 Å². The van der Waals surface area contributed by atoms with Crippen molar-refractivity contribution in [3.05, 3.63) is 17.0 Å².